The number of hydrogen-bond acceptors (Lipinski definition) is 5. The fourth-order valence-corrected chi connectivity index (χ4v) is 3.24. The number of aliphatic hydroxyl groups is 1. The third-order valence-corrected chi connectivity index (χ3v) is 4.45. The molecule has 1 aromatic rings. The lowest BCUT2D eigenvalue weighted by Crippen LogP contribution is -2.44. The third kappa shape index (κ3) is 3.69. The van der Waals surface area contributed by atoms with Crippen molar-refractivity contribution < 1.29 is 19.3 Å². The van der Waals surface area contributed by atoms with E-state index in [0.29, 0.717) is 52.4 Å². The highest BCUT2D eigenvalue weighted by molar-refractivity contribution is 9.10. The normalized spacial score (nSPS) is 20.3. The molecule has 2 aliphatic heterocycles. The van der Waals surface area contributed by atoms with E-state index in [1.54, 1.807) is 0 Å². The summed E-state index contributed by atoms with van der Waals surface area (Å²) >= 11 is 3.51. The molecule has 0 atom stereocenters. The molecule has 5 nitrogen and oxygen atoms in total. The Balaban J connectivity index is 1.59. The van der Waals surface area contributed by atoms with E-state index in [4.69, 9.17) is 14.2 Å². The summed E-state index contributed by atoms with van der Waals surface area (Å²) in [6.45, 7) is 3.68. The molecule has 21 heavy (non-hydrogen) atoms. The van der Waals surface area contributed by atoms with Crippen molar-refractivity contribution in [2.45, 2.75) is 25.0 Å². The van der Waals surface area contributed by atoms with Crippen molar-refractivity contribution in [2.24, 2.45) is 0 Å². The van der Waals surface area contributed by atoms with Gasteiger partial charge in [-0.1, -0.05) is 0 Å². The van der Waals surface area contributed by atoms with Crippen LogP contribution in [0.5, 0.6) is 11.5 Å². The second kappa shape index (κ2) is 6.52. The average molecular weight is 358 g/mol. The molecule has 2 aliphatic rings. The summed E-state index contributed by atoms with van der Waals surface area (Å²) in [4.78, 5) is 0. The van der Waals surface area contributed by atoms with Crippen molar-refractivity contribution in [1.82, 2.24) is 5.32 Å². The van der Waals surface area contributed by atoms with Crippen molar-refractivity contribution in [3.63, 3.8) is 0 Å². The largest absolute Gasteiger partial charge is 0.486 e. The summed E-state index contributed by atoms with van der Waals surface area (Å²) in [5.41, 5.74) is 0.449. The molecule has 1 aromatic carbocycles. The van der Waals surface area contributed by atoms with Crippen molar-refractivity contribution in [2.75, 3.05) is 33.0 Å². The van der Waals surface area contributed by atoms with Crippen LogP contribution >= 0.6 is 15.9 Å². The Morgan fingerprint density at radius 2 is 1.90 bits per heavy atom. The van der Waals surface area contributed by atoms with Crippen LogP contribution in [0.2, 0.25) is 0 Å². The van der Waals surface area contributed by atoms with Gasteiger partial charge in [0.25, 0.3) is 0 Å². The first kappa shape index (κ1) is 15.1. The van der Waals surface area contributed by atoms with Crippen LogP contribution < -0.4 is 14.8 Å². The fourth-order valence-electron chi connectivity index (χ4n) is 2.63. The van der Waals surface area contributed by atoms with Gasteiger partial charge in [-0.3, -0.25) is 0 Å². The van der Waals surface area contributed by atoms with Crippen LogP contribution in [0.15, 0.2) is 16.6 Å². The fraction of sp³-hybridized carbons (Fsp3) is 0.600. The predicted octanol–water partition coefficient (Wildman–Crippen LogP) is 1.85. The van der Waals surface area contributed by atoms with E-state index < -0.39 is 5.60 Å². The Morgan fingerprint density at radius 1 is 1.14 bits per heavy atom. The van der Waals surface area contributed by atoms with Crippen LogP contribution in [0.4, 0.5) is 0 Å². The molecule has 0 saturated carbocycles. The number of rotatable bonds is 4. The first-order valence-electron chi connectivity index (χ1n) is 7.25. The monoisotopic (exact) mass is 357 g/mol. The molecular weight excluding hydrogens is 338 g/mol. The zero-order valence-corrected chi connectivity index (χ0v) is 13.4. The number of fused-ring (bicyclic) bond motifs is 1. The molecule has 2 heterocycles. The van der Waals surface area contributed by atoms with Crippen LogP contribution in [0.1, 0.15) is 18.4 Å². The van der Waals surface area contributed by atoms with Gasteiger partial charge in [-0.15, -0.1) is 0 Å². The summed E-state index contributed by atoms with van der Waals surface area (Å²) < 4.78 is 17.4. The van der Waals surface area contributed by atoms with E-state index in [0.717, 1.165) is 21.5 Å². The maximum Gasteiger partial charge on any atom is 0.175 e. The minimum atomic E-state index is -0.650. The molecule has 0 amide bonds. The highest BCUT2D eigenvalue weighted by Crippen LogP contribution is 2.38. The van der Waals surface area contributed by atoms with Gasteiger partial charge >= 0.3 is 0 Å². The van der Waals surface area contributed by atoms with Crippen LogP contribution in [0, 0.1) is 0 Å². The standard InChI is InChI=1S/C15H20BrNO4/c16-12-7-11(8-13-14(12)21-6-5-20-13)9-17-10-15(18)1-3-19-4-2-15/h7-8,17-18H,1-6,9-10H2. The molecule has 0 spiro atoms. The highest BCUT2D eigenvalue weighted by Gasteiger charge is 2.29. The number of benzene rings is 1. The van der Waals surface area contributed by atoms with Gasteiger partial charge in [0.1, 0.15) is 13.2 Å². The molecule has 116 valence electrons. The van der Waals surface area contributed by atoms with Crippen LogP contribution in [-0.4, -0.2) is 43.7 Å². The van der Waals surface area contributed by atoms with Gasteiger partial charge in [0.05, 0.1) is 10.1 Å². The SMILES string of the molecule is OC1(CNCc2cc(Br)c3c(c2)OCCO3)CCOCC1. The average Bonchev–Trinajstić information content (AvgIpc) is 2.48. The lowest BCUT2D eigenvalue weighted by atomic mass is 9.94. The van der Waals surface area contributed by atoms with E-state index in [9.17, 15) is 5.11 Å². The first-order valence-corrected chi connectivity index (χ1v) is 8.04. The molecule has 0 aromatic heterocycles. The van der Waals surface area contributed by atoms with Crippen molar-refractivity contribution in [1.29, 1.82) is 0 Å². The summed E-state index contributed by atoms with van der Waals surface area (Å²) in [6, 6.07) is 4.01. The van der Waals surface area contributed by atoms with E-state index in [1.807, 2.05) is 12.1 Å². The van der Waals surface area contributed by atoms with Crippen LogP contribution in [0.25, 0.3) is 0 Å². The summed E-state index contributed by atoms with van der Waals surface area (Å²) in [7, 11) is 0. The molecule has 1 saturated heterocycles. The van der Waals surface area contributed by atoms with Gasteiger partial charge in [0.2, 0.25) is 0 Å². The van der Waals surface area contributed by atoms with Crippen molar-refractivity contribution in [3.05, 3.63) is 22.2 Å². The smallest absolute Gasteiger partial charge is 0.175 e. The lowest BCUT2D eigenvalue weighted by molar-refractivity contribution is -0.0617. The number of nitrogens with one attached hydrogen (secondary N) is 1. The topological polar surface area (TPSA) is 60.0 Å². The second-order valence-electron chi connectivity index (χ2n) is 5.54. The Kier molecular flexibility index (Phi) is 4.69. The molecule has 0 bridgehead atoms. The van der Waals surface area contributed by atoms with E-state index >= 15 is 0 Å². The van der Waals surface area contributed by atoms with Gasteiger partial charge in [0, 0.05) is 39.1 Å². The molecule has 0 radical (unpaired) electrons. The summed E-state index contributed by atoms with van der Waals surface area (Å²) in [6.07, 6.45) is 1.37. The van der Waals surface area contributed by atoms with Gasteiger partial charge in [0.15, 0.2) is 11.5 Å². The predicted molar refractivity (Wildman–Crippen MR) is 81.8 cm³/mol. The molecular formula is C15H20BrNO4. The number of ether oxygens (including phenoxy) is 3. The molecule has 2 N–H and O–H groups in total. The Morgan fingerprint density at radius 3 is 2.71 bits per heavy atom. The molecule has 0 aliphatic carbocycles. The van der Waals surface area contributed by atoms with Gasteiger partial charge in [-0.05, 0) is 33.6 Å². The first-order chi connectivity index (χ1) is 10.2. The van der Waals surface area contributed by atoms with Crippen molar-refractivity contribution in [3.8, 4) is 11.5 Å². The van der Waals surface area contributed by atoms with E-state index in [1.165, 1.54) is 0 Å². The van der Waals surface area contributed by atoms with Crippen LogP contribution in [0.3, 0.4) is 0 Å². The quantitative estimate of drug-likeness (QED) is 0.861. The Labute approximate surface area is 132 Å². The zero-order chi connectivity index (χ0) is 14.7. The maximum atomic E-state index is 10.4. The van der Waals surface area contributed by atoms with Gasteiger partial charge in [-0.25, -0.2) is 0 Å². The minimum Gasteiger partial charge on any atom is -0.486 e. The zero-order valence-electron chi connectivity index (χ0n) is 11.9. The van der Waals surface area contributed by atoms with Gasteiger partial charge < -0.3 is 24.6 Å². The van der Waals surface area contributed by atoms with E-state index in [-0.39, 0.29) is 0 Å². The Hall–Kier alpha value is -0.820. The van der Waals surface area contributed by atoms with Gasteiger partial charge in [-0.2, -0.15) is 0 Å². The third-order valence-electron chi connectivity index (χ3n) is 3.86. The molecule has 0 unspecified atom stereocenters. The lowest BCUT2D eigenvalue weighted by Gasteiger charge is -2.32. The van der Waals surface area contributed by atoms with Crippen LogP contribution in [-0.2, 0) is 11.3 Å². The summed E-state index contributed by atoms with van der Waals surface area (Å²) in [5, 5.41) is 13.7. The van der Waals surface area contributed by atoms with E-state index in [2.05, 4.69) is 21.2 Å². The van der Waals surface area contributed by atoms with Crippen molar-refractivity contribution >= 4 is 15.9 Å². The molecule has 3 rings (SSSR count). The summed E-state index contributed by atoms with van der Waals surface area (Å²) in [5.74, 6) is 1.55. The minimum absolute atomic E-state index is 0.572. The second-order valence-corrected chi connectivity index (χ2v) is 6.40. The Bertz CT molecular complexity index is 503. The maximum absolute atomic E-state index is 10.4. The molecule has 1 fully saturated rings. The molecule has 6 heteroatoms. The highest BCUT2D eigenvalue weighted by atomic mass is 79.9. The number of halogens is 1. The number of hydrogen-bond donors (Lipinski definition) is 2.